The molecule has 0 aliphatic carbocycles. The number of Topliss-reactive ketones (excluding diaryl/α,β-unsaturated/α-hetero) is 1. The largest absolute Gasteiger partial charge is 0.743 e. The Hall–Kier alpha value is -0.740. The molecule has 16 heteroatoms. The summed E-state index contributed by atoms with van der Waals surface area (Å²) in [6, 6.07) is 0. The predicted octanol–water partition coefficient (Wildman–Crippen LogP) is 3.74. The number of unbranched alkanes of at least 4 members (excludes halogenated alkanes) is 2. The van der Waals surface area contributed by atoms with E-state index in [1.165, 1.54) is 12.8 Å². The number of ketones is 1. The van der Waals surface area contributed by atoms with Gasteiger partial charge in [0.1, 0.15) is 11.5 Å². The van der Waals surface area contributed by atoms with E-state index in [9.17, 15) is 57.3 Å². The summed E-state index contributed by atoms with van der Waals surface area (Å²) >= 11 is 0. The maximum absolute atomic E-state index is 12.2. The molecule has 1 saturated heterocycles. The Morgan fingerprint density at radius 3 is 1.81 bits per heavy atom. The molecule has 1 fully saturated rings. The van der Waals surface area contributed by atoms with Crippen molar-refractivity contribution in [2.75, 3.05) is 30.5 Å². The first-order valence-corrected chi connectivity index (χ1v) is 11.9. The molecular weight excluding hydrogens is 495 g/mol. The molecule has 0 saturated carbocycles. The molecule has 31 heavy (non-hydrogen) atoms. The summed E-state index contributed by atoms with van der Waals surface area (Å²) in [4.78, 5) is 11.6. The third kappa shape index (κ3) is 7.96. The van der Waals surface area contributed by atoms with Crippen LogP contribution in [0.3, 0.4) is 0 Å². The lowest BCUT2D eigenvalue weighted by molar-refractivity contribution is -0.382. The van der Waals surface area contributed by atoms with Gasteiger partial charge in [-0.3, -0.25) is 4.79 Å². The summed E-state index contributed by atoms with van der Waals surface area (Å²) in [5.41, 5.74) is 0. The van der Waals surface area contributed by atoms with Crippen molar-refractivity contribution in [1.29, 1.82) is 0 Å². The number of alkyl halides is 9. The van der Waals surface area contributed by atoms with E-state index in [1.807, 2.05) is 0 Å². The van der Waals surface area contributed by atoms with E-state index in [4.69, 9.17) is 4.74 Å². The van der Waals surface area contributed by atoms with Crippen molar-refractivity contribution in [1.82, 2.24) is 0 Å². The van der Waals surface area contributed by atoms with Crippen LogP contribution in [0.15, 0.2) is 0 Å². The van der Waals surface area contributed by atoms with Gasteiger partial charge >= 0.3 is 23.3 Å². The van der Waals surface area contributed by atoms with Crippen LogP contribution in [0.4, 0.5) is 39.5 Å². The maximum atomic E-state index is 12.2. The minimum absolute atomic E-state index is 0.345. The molecule has 0 radical (unpaired) electrons. The van der Waals surface area contributed by atoms with Crippen LogP contribution in [0.2, 0.25) is 0 Å². The highest BCUT2D eigenvalue weighted by Gasteiger charge is 2.83. The van der Waals surface area contributed by atoms with Crippen molar-refractivity contribution in [2.24, 2.45) is 0 Å². The van der Waals surface area contributed by atoms with E-state index >= 15 is 0 Å². The molecule has 1 aliphatic rings. The zero-order valence-corrected chi connectivity index (χ0v) is 17.8. The first-order chi connectivity index (χ1) is 13.8. The van der Waals surface area contributed by atoms with Gasteiger partial charge < -0.3 is 9.29 Å². The van der Waals surface area contributed by atoms with Gasteiger partial charge in [0, 0.05) is 6.42 Å². The highest BCUT2D eigenvalue weighted by atomic mass is 32.2. The Bertz CT molecular complexity index is 675. The second-order valence-corrected chi connectivity index (χ2v) is 10.1. The fourth-order valence-electron chi connectivity index (χ4n) is 2.09. The molecule has 0 spiro atoms. The highest BCUT2D eigenvalue weighted by molar-refractivity contribution is 7.97. The smallest absolute Gasteiger partial charge is 0.460 e. The zero-order valence-electron chi connectivity index (χ0n) is 16.1. The van der Waals surface area contributed by atoms with Crippen LogP contribution in [0.5, 0.6) is 0 Å². The summed E-state index contributed by atoms with van der Waals surface area (Å²) in [5.74, 6) is -11.3. The summed E-state index contributed by atoms with van der Waals surface area (Å²) in [7, 11) is -7.07. The number of hydrogen-bond donors (Lipinski definition) is 0. The summed E-state index contributed by atoms with van der Waals surface area (Å²) in [5, 5.41) is -7.11. The third-order valence-electron chi connectivity index (χ3n) is 3.89. The highest BCUT2D eigenvalue weighted by Crippen LogP contribution is 2.54. The second kappa shape index (κ2) is 11.4. The van der Waals surface area contributed by atoms with Crippen molar-refractivity contribution in [3.05, 3.63) is 0 Å². The first-order valence-electron chi connectivity index (χ1n) is 8.72. The Morgan fingerprint density at radius 2 is 1.42 bits per heavy atom. The van der Waals surface area contributed by atoms with Crippen LogP contribution in [0, 0.1) is 0 Å². The Kier molecular flexibility index (Phi) is 11.1. The standard InChI is InChI=1S/C11H21O2S.C4HF9O3S/c1-2-3-4-5-11(12)10-14-8-6-13-7-9-14;5-1(6,3(9,10)11)2(7,8)4(12,13)17(14,15)16/h2-10H2,1H3;(H,14,15,16)/q+1;/p-1. The van der Waals surface area contributed by atoms with Gasteiger partial charge in [0.2, 0.25) is 0 Å². The minimum atomic E-state index is -7.43. The van der Waals surface area contributed by atoms with Crippen molar-refractivity contribution in [2.45, 2.75) is 55.9 Å². The van der Waals surface area contributed by atoms with Gasteiger partial charge in [0.25, 0.3) is 0 Å². The van der Waals surface area contributed by atoms with Gasteiger partial charge in [-0.1, -0.05) is 19.8 Å². The monoisotopic (exact) mass is 516 g/mol. The minimum Gasteiger partial charge on any atom is -0.743 e. The van der Waals surface area contributed by atoms with E-state index in [2.05, 4.69) is 6.92 Å². The van der Waals surface area contributed by atoms with Crippen molar-refractivity contribution >= 4 is 26.8 Å². The molecule has 5 nitrogen and oxygen atoms in total. The van der Waals surface area contributed by atoms with Crippen LogP contribution < -0.4 is 0 Å². The average Bonchev–Trinajstić information content (AvgIpc) is 2.61. The molecule has 0 atom stereocenters. The maximum Gasteiger partial charge on any atom is 0.460 e. The van der Waals surface area contributed by atoms with Gasteiger partial charge in [-0.2, -0.15) is 39.5 Å². The lowest BCUT2D eigenvalue weighted by Crippen LogP contribution is -2.63. The molecule has 0 aromatic rings. The average molecular weight is 516 g/mol. The SMILES string of the molecule is CCCCCC(=O)C[S+]1CCOCC1.O=S(=O)([O-])C(F)(F)C(F)(F)C(F)(F)C(F)(F)F. The molecule has 186 valence electrons. The molecule has 0 aromatic carbocycles. The van der Waals surface area contributed by atoms with E-state index in [0.717, 1.165) is 43.3 Å². The van der Waals surface area contributed by atoms with Crippen LogP contribution in [0.1, 0.15) is 32.6 Å². The molecule has 0 N–H and O–H groups in total. The van der Waals surface area contributed by atoms with Crippen molar-refractivity contribution in [3.8, 4) is 0 Å². The summed E-state index contributed by atoms with van der Waals surface area (Å²) in [6.45, 7) is 3.90. The van der Waals surface area contributed by atoms with Crippen LogP contribution >= 0.6 is 0 Å². The number of halogens is 9. The van der Waals surface area contributed by atoms with Crippen molar-refractivity contribution < 1.29 is 62.0 Å². The van der Waals surface area contributed by atoms with Crippen LogP contribution in [-0.2, 0) is 30.5 Å². The van der Waals surface area contributed by atoms with E-state index in [-0.39, 0.29) is 0 Å². The number of carbonyl (C=O) groups excluding carboxylic acids is 1. The molecule has 1 aliphatic heterocycles. The fraction of sp³-hybridized carbons (Fsp3) is 0.933. The zero-order chi connectivity index (χ0) is 24.7. The van der Waals surface area contributed by atoms with E-state index in [1.54, 1.807) is 0 Å². The van der Waals surface area contributed by atoms with Crippen LogP contribution in [-0.4, -0.2) is 72.5 Å². The molecule has 0 unspecified atom stereocenters. The Balaban J connectivity index is 0.000000590. The summed E-state index contributed by atoms with van der Waals surface area (Å²) in [6.07, 6.45) is -2.87. The number of rotatable bonds is 9. The van der Waals surface area contributed by atoms with Gasteiger partial charge in [-0.15, -0.1) is 0 Å². The lowest BCUT2D eigenvalue weighted by atomic mass is 10.1. The number of carbonyl (C=O) groups is 1. The van der Waals surface area contributed by atoms with Gasteiger partial charge in [0.15, 0.2) is 21.7 Å². The first kappa shape index (κ1) is 30.3. The predicted molar refractivity (Wildman–Crippen MR) is 92.5 cm³/mol. The van der Waals surface area contributed by atoms with E-state index < -0.39 is 33.4 Å². The molecule has 0 bridgehead atoms. The topological polar surface area (TPSA) is 83.5 Å². The van der Waals surface area contributed by atoms with Crippen LogP contribution in [0.25, 0.3) is 0 Å². The number of ether oxygens (including phenoxy) is 1. The lowest BCUT2D eigenvalue weighted by Gasteiger charge is -2.34. The van der Waals surface area contributed by atoms with Gasteiger partial charge in [0.05, 0.1) is 13.2 Å². The normalized spacial score (nSPS) is 17.1. The summed E-state index contributed by atoms with van der Waals surface area (Å²) < 4.78 is 141. The molecule has 1 heterocycles. The van der Waals surface area contributed by atoms with Crippen molar-refractivity contribution in [3.63, 3.8) is 0 Å². The molecule has 0 amide bonds. The third-order valence-corrected chi connectivity index (χ3v) is 6.99. The number of hydrogen-bond acceptors (Lipinski definition) is 5. The van der Waals surface area contributed by atoms with Gasteiger partial charge in [-0.05, 0) is 17.3 Å². The van der Waals surface area contributed by atoms with E-state index in [0.29, 0.717) is 16.7 Å². The van der Waals surface area contributed by atoms with Gasteiger partial charge in [-0.25, -0.2) is 8.42 Å². The molecule has 1 rings (SSSR count). The molecular formula is C15H21F9O5S2. The Labute approximate surface area is 175 Å². The second-order valence-electron chi connectivity index (χ2n) is 6.39. The fourth-order valence-corrected chi connectivity index (χ4v) is 4.33. The molecule has 0 aromatic heterocycles. The Morgan fingerprint density at radius 1 is 0.935 bits per heavy atom. The quantitative estimate of drug-likeness (QED) is 0.202.